The Morgan fingerprint density at radius 3 is 2.44 bits per heavy atom. The van der Waals surface area contributed by atoms with Gasteiger partial charge in [0.1, 0.15) is 11.3 Å². The van der Waals surface area contributed by atoms with Gasteiger partial charge >= 0.3 is 5.97 Å². The van der Waals surface area contributed by atoms with Gasteiger partial charge in [-0.3, -0.25) is 0 Å². The molecule has 0 aliphatic heterocycles. The average Bonchev–Trinajstić information content (AvgIpc) is 3.20. The second kappa shape index (κ2) is 8.93. The fourth-order valence-corrected chi connectivity index (χ4v) is 3.38. The molecule has 0 spiro atoms. The number of hydrogen-bond acceptors (Lipinski definition) is 5. The van der Waals surface area contributed by atoms with Gasteiger partial charge in [0.2, 0.25) is 0 Å². The summed E-state index contributed by atoms with van der Waals surface area (Å²) in [5.41, 5.74) is 1.94. The Morgan fingerprint density at radius 1 is 1.03 bits per heavy atom. The molecule has 0 atom stereocenters. The van der Waals surface area contributed by atoms with E-state index in [-0.39, 0.29) is 0 Å². The summed E-state index contributed by atoms with van der Waals surface area (Å²) >= 11 is 6.05. The van der Waals surface area contributed by atoms with Crippen LogP contribution in [0.2, 0.25) is 5.02 Å². The summed E-state index contributed by atoms with van der Waals surface area (Å²) in [5.74, 6) is -0.540. The van der Waals surface area contributed by atoms with E-state index < -0.39 is 11.6 Å². The lowest BCUT2D eigenvalue weighted by Gasteiger charge is -2.26. The highest BCUT2D eigenvalue weighted by Gasteiger charge is 2.30. The van der Waals surface area contributed by atoms with Crippen molar-refractivity contribution in [2.75, 3.05) is 4.90 Å². The smallest absolute Gasteiger partial charge is 0.347 e. The molecule has 0 radical (unpaired) electrons. The summed E-state index contributed by atoms with van der Waals surface area (Å²) in [5, 5.41) is 10.1. The Hall–Kier alpha value is -3.51. The number of para-hydroxylation sites is 3. The largest absolute Gasteiger partial charge is 0.478 e. The third kappa shape index (κ3) is 4.86. The Bertz CT molecular complexity index is 1200. The highest BCUT2D eigenvalue weighted by atomic mass is 35.5. The number of hydrogen-bond donors (Lipinski definition) is 1. The van der Waals surface area contributed by atoms with Crippen molar-refractivity contribution in [3.05, 3.63) is 88.9 Å². The lowest BCUT2D eigenvalue weighted by atomic mass is 10.1. The van der Waals surface area contributed by atoms with E-state index in [1.165, 1.54) is 13.8 Å². The minimum atomic E-state index is -1.37. The highest BCUT2D eigenvalue weighted by Crippen LogP contribution is 2.29. The van der Waals surface area contributed by atoms with E-state index in [2.05, 4.69) is 4.98 Å². The van der Waals surface area contributed by atoms with Crippen molar-refractivity contribution in [3.8, 4) is 5.75 Å². The number of aromatic nitrogens is 1. The molecule has 0 bridgehead atoms. The standard InChI is InChI=1S/C25H23ClN2O4/c1-25(2,23(29)30)32-21-9-5-3-7-18(21)16-28(15-17-11-13-19(26)14-12-17)24-27-20-8-4-6-10-22(20)31-24/h3-14H,15-16H2,1-2H3,(H,29,30). The lowest BCUT2D eigenvalue weighted by molar-refractivity contribution is -0.152. The number of oxazole rings is 1. The van der Waals surface area contributed by atoms with Gasteiger partial charge in [-0.15, -0.1) is 0 Å². The van der Waals surface area contributed by atoms with Crippen molar-refractivity contribution in [1.82, 2.24) is 4.98 Å². The zero-order chi connectivity index (χ0) is 22.7. The van der Waals surface area contributed by atoms with Crippen molar-refractivity contribution in [2.45, 2.75) is 32.5 Å². The second-order valence-corrected chi connectivity index (χ2v) is 8.41. The summed E-state index contributed by atoms with van der Waals surface area (Å²) in [6.07, 6.45) is 0. The second-order valence-electron chi connectivity index (χ2n) is 7.97. The molecule has 4 aromatic rings. The van der Waals surface area contributed by atoms with Crippen LogP contribution in [0.15, 0.2) is 77.2 Å². The van der Waals surface area contributed by atoms with E-state index in [0.29, 0.717) is 35.5 Å². The van der Waals surface area contributed by atoms with Gasteiger partial charge in [0.15, 0.2) is 11.2 Å². The van der Waals surface area contributed by atoms with Gasteiger partial charge in [0, 0.05) is 17.1 Å². The molecule has 4 rings (SSSR count). The molecular weight excluding hydrogens is 428 g/mol. The number of nitrogens with zero attached hydrogens (tertiary/aromatic N) is 2. The zero-order valence-electron chi connectivity index (χ0n) is 17.8. The number of carboxylic acids is 1. The molecule has 3 aromatic carbocycles. The molecule has 1 heterocycles. The van der Waals surface area contributed by atoms with Crippen LogP contribution < -0.4 is 9.64 Å². The van der Waals surface area contributed by atoms with Crippen LogP contribution in [0.1, 0.15) is 25.0 Å². The maximum Gasteiger partial charge on any atom is 0.347 e. The fourth-order valence-electron chi connectivity index (χ4n) is 3.25. The SMILES string of the molecule is CC(C)(Oc1ccccc1CN(Cc1ccc(Cl)cc1)c1nc2ccccc2o1)C(=O)O. The van der Waals surface area contributed by atoms with E-state index in [4.69, 9.17) is 20.8 Å². The summed E-state index contributed by atoms with van der Waals surface area (Å²) in [7, 11) is 0. The molecule has 0 amide bonds. The molecule has 0 fully saturated rings. The molecule has 32 heavy (non-hydrogen) atoms. The predicted molar refractivity (Wildman–Crippen MR) is 124 cm³/mol. The van der Waals surface area contributed by atoms with Crippen molar-refractivity contribution in [2.24, 2.45) is 0 Å². The van der Waals surface area contributed by atoms with Crippen molar-refractivity contribution in [1.29, 1.82) is 0 Å². The van der Waals surface area contributed by atoms with Gasteiger partial charge in [0.05, 0.1) is 6.54 Å². The molecule has 0 unspecified atom stereocenters. The van der Waals surface area contributed by atoms with Gasteiger partial charge in [-0.25, -0.2) is 4.79 Å². The van der Waals surface area contributed by atoms with Gasteiger partial charge in [-0.05, 0) is 49.7 Å². The van der Waals surface area contributed by atoms with E-state index in [1.54, 1.807) is 6.07 Å². The first kappa shape index (κ1) is 21.7. The molecule has 164 valence electrons. The van der Waals surface area contributed by atoms with Crippen molar-refractivity contribution < 1.29 is 19.1 Å². The monoisotopic (exact) mass is 450 g/mol. The van der Waals surface area contributed by atoms with Crippen LogP contribution in [0.25, 0.3) is 11.1 Å². The number of aliphatic carboxylic acids is 1. The van der Waals surface area contributed by atoms with Crippen molar-refractivity contribution in [3.63, 3.8) is 0 Å². The van der Waals surface area contributed by atoms with E-state index in [9.17, 15) is 9.90 Å². The van der Waals surface area contributed by atoms with Crippen LogP contribution in [-0.2, 0) is 17.9 Å². The third-order valence-corrected chi connectivity index (χ3v) is 5.31. The summed E-state index contributed by atoms with van der Waals surface area (Å²) in [4.78, 5) is 18.2. The minimum Gasteiger partial charge on any atom is -0.478 e. The summed E-state index contributed by atoms with van der Waals surface area (Å²) < 4.78 is 11.9. The first-order valence-electron chi connectivity index (χ1n) is 10.2. The molecule has 0 saturated heterocycles. The normalized spacial score (nSPS) is 11.5. The number of anilines is 1. The van der Waals surface area contributed by atoms with E-state index >= 15 is 0 Å². The topological polar surface area (TPSA) is 75.8 Å². The van der Waals surface area contributed by atoms with Gasteiger partial charge in [-0.1, -0.05) is 54.1 Å². The maximum absolute atomic E-state index is 11.6. The molecular formula is C25H23ClN2O4. The first-order chi connectivity index (χ1) is 15.3. The Labute approximate surface area is 191 Å². The molecule has 0 saturated carbocycles. The van der Waals surface area contributed by atoms with Crippen LogP contribution in [0.3, 0.4) is 0 Å². The number of ether oxygens (including phenoxy) is 1. The minimum absolute atomic E-state index is 0.404. The van der Waals surface area contributed by atoms with Gasteiger partial charge in [-0.2, -0.15) is 4.98 Å². The van der Waals surface area contributed by atoms with Crippen LogP contribution in [-0.4, -0.2) is 21.7 Å². The summed E-state index contributed by atoms with van der Waals surface area (Å²) in [6.45, 7) is 3.97. The maximum atomic E-state index is 11.6. The highest BCUT2D eigenvalue weighted by molar-refractivity contribution is 6.30. The van der Waals surface area contributed by atoms with Gasteiger partial charge < -0.3 is 19.2 Å². The van der Waals surface area contributed by atoms with Crippen LogP contribution >= 0.6 is 11.6 Å². The molecule has 7 heteroatoms. The number of carboxylic acid groups (broad SMARTS) is 1. The Balaban J connectivity index is 1.69. The van der Waals surface area contributed by atoms with Crippen molar-refractivity contribution >= 4 is 34.7 Å². The zero-order valence-corrected chi connectivity index (χ0v) is 18.5. The molecule has 1 N–H and O–H groups in total. The number of benzene rings is 3. The number of fused-ring (bicyclic) bond motifs is 1. The molecule has 0 aliphatic carbocycles. The lowest BCUT2D eigenvalue weighted by Crippen LogP contribution is -2.38. The molecule has 0 aliphatic rings. The van der Waals surface area contributed by atoms with E-state index in [1.807, 2.05) is 71.6 Å². The van der Waals surface area contributed by atoms with Crippen LogP contribution in [0, 0.1) is 0 Å². The third-order valence-electron chi connectivity index (χ3n) is 5.05. The quantitative estimate of drug-likeness (QED) is 0.358. The average molecular weight is 451 g/mol. The Kier molecular flexibility index (Phi) is 6.06. The first-order valence-corrected chi connectivity index (χ1v) is 10.5. The van der Waals surface area contributed by atoms with E-state index in [0.717, 1.165) is 16.6 Å². The number of halogens is 1. The van der Waals surface area contributed by atoms with Crippen LogP contribution in [0.4, 0.5) is 6.01 Å². The molecule has 6 nitrogen and oxygen atoms in total. The Morgan fingerprint density at radius 2 is 1.72 bits per heavy atom. The number of rotatable bonds is 8. The number of carbonyl (C=O) groups is 1. The molecule has 1 aromatic heterocycles. The predicted octanol–water partition coefficient (Wildman–Crippen LogP) is 5.93. The van der Waals surface area contributed by atoms with Crippen LogP contribution in [0.5, 0.6) is 5.75 Å². The van der Waals surface area contributed by atoms with Gasteiger partial charge in [0.25, 0.3) is 6.01 Å². The fraction of sp³-hybridized carbons (Fsp3) is 0.200. The summed E-state index contributed by atoms with van der Waals surface area (Å²) in [6, 6.07) is 23.0.